The van der Waals surface area contributed by atoms with Gasteiger partial charge in [0.25, 0.3) is 0 Å². The van der Waals surface area contributed by atoms with Crippen LogP contribution in [0, 0.1) is 12.8 Å². The lowest BCUT2D eigenvalue weighted by Crippen LogP contribution is -2.49. The summed E-state index contributed by atoms with van der Waals surface area (Å²) in [6, 6.07) is 12.2. The highest BCUT2D eigenvalue weighted by atomic mass is 32.2. The second-order valence-corrected chi connectivity index (χ2v) is 12.0. The second kappa shape index (κ2) is 13.0. The summed E-state index contributed by atoms with van der Waals surface area (Å²) < 4.78 is 37.2. The van der Waals surface area contributed by atoms with Crippen LogP contribution in [0.15, 0.2) is 42.5 Å². The quantitative estimate of drug-likeness (QED) is 0.410. The van der Waals surface area contributed by atoms with Crippen LogP contribution in [-0.2, 0) is 26.2 Å². The molecular weight excluding hydrogens is 506 g/mol. The van der Waals surface area contributed by atoms with Crippen LogP contribution in [0.1, 0.15) is 51.2 Å². The molecule has 0 fully saturated rings. The molecule has 1 aliphatic rings. The van der Waals surface area contributed by atoms with E-state index in [9.17, 15) is 18.0 Å². The molecule has 0 saturated carbocycles. The molecule has 0 aromatic heterocycles. The maximum absolute atomic E-state index is 13.5. The minimum Gasteiger partial charge on any atom is -0.454 e. The predicted octanol–water partition coefficient (Wildman–Crippen LogP) is 3.85. The molecule has 0 saturated heterocycles. The standard InChI is InChI=1S/C28H39N3O6S/c1-6-24(28(33)29-17-20(2)3)30(18-22-11-9-21(4)10-12-22)27(32)8-7-15-31(38(5,34)35)23-13-14-25-26(16-23)37-19-36-25/h9-14,16,20,24H,6-8,15,17-19H2,1-5H3,(H,29,33)/t24-/m0/s1. The van der Waals surface area contributed by atoms with Crippen LogP contribution in [0.25, 0.3) is 0 Å². The van der Waals surface area contributed by atoms with Crippen molar-refractivity contribution in [3.05, 3.63) is 53.6 Å². The Morgan fingerprint density at radius 3 is 2.37 bits per heavy atom. The van der Waals surface area contributed by atoms with E-state index in [0.29, 0.717) is 36.7 Å². The van der Waals surface area contributed by atoms with Gasteiger partial charge in [-0.3, -0.25) is 13.9 Å². The first-order chi connectivity index (χ1) is 18.0. The molecule has 208 valence electrons. The lowest BCUT2D eigenvalue weighted by Gasteiger charge is -2.31. The lowest BCUT2D eigenvalue weighted by molar-refractivity contribution is -0.141. The largest absolute Gasteiger partial charge is 0.454 e. The maximum Gasteiger partial charge on any atom is 0.242 e. The Morgan fingerprint density at radius 2 is 1.74 bits per heavy atom. The summed E-state index contributed by atoms with van der Waals surface area (Å²) >= 11 is 0. The maximum atomic E-state index is 13.5. The zero-order chi connectivity index (χ0) is 27.9. The molecule has 2 aromatic carbocycles. The molecule has 2 amide bonds. The molecule has 38 heavy (non-hydrogen) atoms. The van der Waals surface area contributed by atoms with E-state index < -0.39 is 16.1 Å². The van der Waals surface area contributed by atoms with Gasteiger partial charge in [-0.2, -0.15) is 0 Å². The van der Waals surface area contributed by atoms with E-state index in [1.165, 1.54) is 4.31 Å². The fourth-order valence-corrected chi connectivity index (χ4v) is 5.23. The molecule has 1 N–H and O–H groups in total. The van der Waals surface area contributed by atoms with E-state index in [-0.39, 0.29) is 43.9 Å². The van der Waals surface area contributed by atoms with E-state index in [4.69, 9.17) is 9.47 Å². The number of hydrogen-bond donors (Lipinski definition) is 1. The summed E-state index contributed by atoms with van der Waals surface area (Å²) in [5.41, 5.74) is 2.48. The van der Waals surface area contributed by atoms with Crippen LogP contribution in [0.2, 0.25) is 0 Å². The third-order valence-electron chi connectivity index (χ3n) is 6.34. The number of carbonyl (C=O) groups is 2. The molecule has 0 aliphatic carbocycles. The van der Waals surface area contributed by atoms with E-state index in [2.05, 4.69) is 5.32 Å². The van der Waals surface area contributed by atoms with Gasteiger partial charge in [-0.25, -0.2) is 8.42 Å². The molecule has 1 aliphatic heterocycles. The summed E-state index contributed by atoms with van der Waals surface area (Å²) in [7, 11) is -3.61. The number of fused-ring (bicyclic) bond motifs is 1. The van der Waals surface area contributed by atoms with Crippen LogP contribution in [-0.4, -0.2) is 57.3 Å². The first-order valence-corrected chi connectivity index (χ1v) is 14.8. The minimum atomic E-state index is -3.61. The van der Waals surface area contributed by atoms with E-state index in [1.807, 2.05) is 52.0 Å². The average Bonchev–Trinajstić information content (AvgIpc) is 3.33. The first-order valence-electron chi connectivity index (χ1n) is 13.0. The molecule has 1 heterocycles. The highest BCUT2D eigenvalue weighted by Crippen LogP contribution is 2.36. The number of nitrogens with zero attached hydrogens (tertiary/aromatic N) is 2. The highest BCUT2D eigenvalue weighted by Gasteiger charge is 2.29. The SMILES string of the molecule is CC[C@@H](C(=O)NCC(C)C)N(Cc1ccc(C)cc1)C(=O)CCCN(c1ccc2c(c1)OCO2)S(C)(=O)=O. The van der Waals surface area contributed by atoms with Crippen LogP contribution in [0.4, 0.5) is 5.69 Å². The van der Waals surface area contributed by atoms with Gasteiger partial charge in [0.1, 0.15) is 6.04 Å². The Hall–Kier alpha value is -3.27. The Morgan fingerprint density at radius 1 is 1.05 bits per heavy atom. The van der Waals surface area contributed by atoms with E-state index in [1.54, 1.807) is 23.1 Å². The van der Waals surface area contributed by atoms with Crippen LogP contribution in [0.3, 0.4) is 0 Å². The van der Waals surface area contributed by atoms with Crippen molar-refractivity contribution < 1.29 is 27.5 Å². The van der Waals surface area contributed by atoms with Gasteiger partial charge in [-0.1, -0.05) is 50.6 Å². The summed E-state index contributed by atoms with van der Waals surface area (Å²) in [6.45, 7) is 8.94. The third-order valence-corrected chi connectivity index (χ3v) is 7.53. The van der Waals surface area contributed by atoms with Crippen molar-refractivity contribution in [2.24, 2.45) is 5.92 Å². The van der Waals surface area contributed by atoms with Gasteiger partial charge in [0, 0.05) is 32.1 Å². The number of rotatable bonds is 13. The highest BCUT2D eigenvalue weighted by molar-refractivity contribution is 7.92. The smallest absolute Gasteiger partial charge is 0.242 e. The van der Waals surface area contributed by atoms with Gasteiger partial charge in [-0.05, 0) is 43.4 Å². The van der Waals surface area contributed by atoms with Crippen molar-refractivity contribution in [3.63, 3.8) is 0 Å². The molecule has 9 nitrogen and oxygen atoms in total. The third kappa shape index (κ3) is 7.86. The number of anilines is 1. The lowest BCUT2D eigenvalue weighted by atomic mass is 10.1. The fourth-order valence-electron chi connectivity index (χ4n) is 4.28. The van der Waals surface area contributed by atoms with Crippen molar-refractivity contribution in [2.45, 2.75) is 59.5 Å². The molecule has 2 aromatic rings. The second-order valence-electron chi connectivity index (χ2n) is 10.0. The number of carbonyl (C=O) groups excluding carboxylic acids is 2. The van der Waals surface area contributed by atoms with Crippen LogP contribution in [0.5, 0.6) is 11.5 Å². The number of ether oxygens (including phenoxy) is 2. The molecule has 1 atom stereocenters. The van der Waals surface area contributed by atoms with Crippen molar-refractivity contribution in [1.82, 2.24) is 10.2 Å². The predicted molar refractivity (Wildman–Crippen MR) is 148 cm³/mol. The number of amides is 2. The summed E-state index contributed by atoms with van der Waals surface area (Å²) in [6.07, 6.45) is 1.98. The van der Waals surface area contributed by atoms with Crippen molar-refractivity contribution in [1.29, 1.82) is 0 Å². The molecule has 3 rings (SSSR count). The summed E-state index contributed by atoms with van der Waals surface area (Å²) in [4.78, 5) is 28.2. The van der Waals surface area contributed by atoms with Gasteiger partial charge in [0.15, 0.2) is 11.5 Å². The van der Waals surface area contributed by atoms with Crippen LogP contribution < -0.4 is 19.1 Å². The van der Waals surface area contributed by atoms with E-state index >= 15 is 0 Å². The molecule has 0 bridgehead atoms. The van der Waals surface area contributed by atoms with Gasteiger partial charge >= 0.3 is 0 Å². The Balaban J connectivity index is 1.75. The molecule has 0 radical (unpaired) electrons. The van der Waals surface area contributed by atoms with Gasteiger partial charge in [0.2, 0.25) is 28.6 Å². The number of aryl methyl sites for hydroxylation is 1. The molecule has 0 spiro atoms. The normalized spacial score (nSPS) is 13.3. The number of sulfonamides is 1. The van der Waals surface area contributed by atoms with Crippen molar-refractivity contribution in [3.8, 4) is 11.5 Å². The molecular formula is C28H39N3O6S. The molecule has 10 heteroatoms. The zero-order valence-corrected chi connectivity index (χ0v) is 23.7. The fraction of sp³-hybridized carbons (Fsp3) is 0.500. The zero-order valence-electron chi connectivity index (χ0n) is 22.9. The minimum absolute atomic E-state index is 0.0896. The Labute approximate surface area is 226 Å². The number of nitrogens with one attached hydrogen (secondary N) is 1. The van der Waals surface area contributed by atoms with Crippen molar-refractivity contribution in [2.75, 3.05) is 30.4 Å². The molecule has 0 unspecified atom stereocenters. The van der Waals surface area contributed by atoms with Gasteiger partial charge in [-0.15, -0.1) is 0 Å². The van der Waals surface area contributed by atoms with Gasteiger partial charge in [0.05, 0.1) is 11.9 Å². The number of benzene rings is 2. The Kier molecular flexibility index (Phi) is 10.0. The summed E-state index contributed by atoms with van der Waals surface area (Å²) in [5.74, 6) is 0.951. The average molecular weight is 546 g/mol. The number of hydrogen-bond acceptors (Lipinski definition) is 6. The summed E-state index contributed by atoms with van der Waals surface area (Å²) in [5, 5.41) is 2.96. The van der Waals surface area contributed by atoms with Crippen molar-refractivity contribution >= 4 is 27.5 Å². The topological polar surface area (TPSA) is 105 Å². The van der Waals surface area contributed by atoms with Gasteiger partial charge < -0.3 is 19.7 Å². The first kappa shape index (κ1) is 29.3. The van der Waals surface area contributed by atoms with E-state index in [0.717, 1.165) is 17.4 Å². The Bertz CT molecular complexity index is 1210. The van der Waals surface area contributed by atoms with Crippen LogP contribution >= 0.6 is 0 Å². The monoisotopic (exact) mass is 545 g/mol.